The lowest BCUT2D eigenvalue weighted by atomic mass is 10.0. The first-order valence-corrected chi connectivity index (χ1v) is 6.94. The zero-order valence-corrected chi connectivity index (χ0v) is 13.1. The average molecular weight is 316 g/mol. The van der Waals surface area contributed by atoms with Gasteiger partial charge in [-0.1, -0.05) is 12.1 Å². The number of amides is 2. The number of halogens is 1. The van der Waals surface area contributed by atoms with Crippen LogP contribution in [0.25, 0.3) is 0 Å². The van der Waals surface area contributed by atoms with Gasteiger partial charge >= 0.3 is 6.09 Å². The van der Waals surface area contributed by atoms with Gasteiger partial charge in [-0.25, -0.2) is 9.18 Å². The van der Waals surface area contributed by atoms with Crippen molar-refractivity contribution in [1.82, 2.24) is 0 Å². The van der Waals surface area contributed by atoms with E-state index in [-0.39, 0.29) is 11.6 Å². The summed E-state index contributed by atoms with van der Waals surface area (Å²) >= 11 is 0. The van der Waals surface area contributed by atoms with Crippen LogP contribution in [0.1, 0.15) is 21.5 Å². The summed E-state index contributed by atoms with van der Waals surface area (Å²) in [6.07, 6.45) is -0.790. The summed E-state index contributed by atoms with van der Waals surface area (Å²) in [5.41, 5.74) is 2.71. The van der Waals surface area contributed by atoms with E-state index in [2.05, 4.69) is 15.4 Å². The van der Waals surface area contributed by atoms with Gasteiger partial charge in [-0.3, -0.25) is 10.1 Å². The minimum Gasteiger partial charge on any atom is -0.453 e. The molecule has 2 amide bonds. The first-order chi connectivity index (χ1) is 10.9. The molecule has 0 radical (unpaired) electrons. The maximum absolute atomic E-state index is 13.7. The molecule has 0 heterocycles. The predicted octanol–water partition coefficient (Wildman–Crippen LogP) is 3.87. The molecule has 0 aliphatic carbocycles. The van der Waals surface area contributed by atoms with Gasteiger partial charge in [-0.2, -0.15) is 0 Å². The van der Waals surface area contributed by atoms with Crippen molar-refractivity contribution in [3.05, 3.63) is 58.9 Å². The number of anilines is 2. The topological polar surface area (TPSA) is 67.4 Å². The van der Waals surface area contributed by atoms with E-state index in [0.717, 1.165) is 17.2 Å². The minimum atomic E-state index is -0.790. The van der Waals surface area contributed by atoms with Crippen LogP contribution >= 0.6 is 0 Å². The molecule has 0 saturated carbocycles. The number of rotatable bonds is 3. The quantitative estimate of drug-likeness (QED) is 0.903. The molecule has 0 bridgehead atoms. The Labute approximate surface area is 133 Å². The summed E-state index contributed by atoms with van der Waals surface area (Å²) < 4.78 is 18.1. The molecule has 0 aromatic heterocycles. The number of benzene rings is 2. The van der Waals surface area contributed by atoms with Crippen LogP contribution in [0.5, 0.6) is 0 Å². The number of carbonyl (C=O) groups is 2. The van der Waals surface area contributed by atoms with Crippen molar-refractivity contribution in [1.29, 1.82) is 0 Å². The molecule has 0 spiro atoms. The fourth-order valence-corrected chi connectivity index (χ4v) is 2.06. The second-order valence-electron chi connectivity index (χ2n) is 5.01. The smallest absolute Gasteiger partial charge is 0.411 e. The summed E-state index contributed by atoms with van der Waals surface area (Å²) in [7, 11) is 1.18. The Morgan fingerprint density at radius 2 is 1.83 bits per heavy atom. The number of methoxy groups -OCH3 is 1. The zero-order valence-electron chi connectivity index (χ0n) is 13.1. The lowest BCUT2D eigenvalue weighted by Gasteiger charge is -2.11. The molecule has 0 fully saturated rings. The SMILES string of the molecule is COC(=O)Nc1cc(NC(=O)c2cccc(C)c2C)ccc1F. The van der Waals surface area contributed by atoms with Crippen molar-refractivity contribution in [2.24, 2.45) is 0 Å². The number of ether oxygens (including phenoxy) is 1. The number of hydrogen-bond acceptors (Lipinski definition) is 3. The highest BCUT2D eigenvalue weighted by Crippen LogP contribution is 2.21. The van der Waals surface area contributed by atoms with Crippen LogP contribution in [0.2, 0.25) is 0 Å². The van der Waals surface area contributed by atoms with Gasteiger partial charge in [0.15, 0.2) is 0 Å². The second kappa shape index (κ2) is 6.91. The molecule has 5 nitrogen and oxygen atoms in total. The van der Waals surface area contributed by atoms with Crippen LogP contribution in [0.3, 0.4) is 0 Å². The highest BCUT2D eigenvalue weighted by Gasteiger charge is 2.12. The largest absolute Gasteiger partial charge is 0.453 e. The molecular formula is C17H17FN2O3. The molecule has 0 atom stereocenters. The van der Waals surface area contributed by atoms with E-state index in [4.69, 9.17) is 0 Å². The Hall–Kier alpha value is -2.89. The van der Waals surface area contributed by atoms with Gasteiger partial charge in [0.1, 0.15) is 5.82 Å². The minimum absolute atomic E-state index is 0.0735. The standard InChI is InChI=1S/C17H17FN2O3/c1-10-5-4-6-13(11(10)2)16(21)19-12-7-8-14(18)15(9-12)20-17(22)23-3/h4-9H,1-3H3,(H,19,21)(H,20,22). The third-order valence-electron chi connectivity index (χ3n) is 3.50. The second-order valence-corrected chi connectivity index (χ2v) is 5.01. The van der Waals surface area contributed by atoms with E-state index in [1.54, 1.807) is 12.1 Å². The normalized spacial score (nSPS) is 10.1. The monoisotopic (exact) mass is 316 g/mol. The first-order valence-electron chi connectivity index (χ1n) is 6.94. The van der Waals surface area contributed by atoms with E-state index < -0.39 is 11.9 Å². The Morgan fingerprint density at radius 3 is 2.52 bits per heavy atom. The summed E-state index contributed by atoms with van der Waals surface area (Å²) in [6.45, 7) is 3.78. The Morgan fingerprint density at radius 1 is 1.09 bits per heavy atom. The van der Waals surface area contributed by atoms with Gasteiger partial charge in [0.25, 0.3) is 5.91 Å². The van der Waals surface area contributed by atoms with Crippen LogP contribution in [0, 0.1) is 19.7 Å². The van der Waals surface area contributed by atoms with E-state index in [9.17, 15) is 14.0 Å². The van der Waals surface area contributed by atoms with E-state index in [0.29, 0.717) is 11.3 Å². The van der Waals surface area contributed by atoms with Gasteiger partial charge in [0.05, 0.1) is 12.8 Å². The maximum Gasteiger partial charge on any atom is 0.411 e. The predicted molar refractivity (Wildman–Crippen MR) is 86.3 cm³/mol. The molecule has 2 N–H and O–H groups in total. The van der Waals surface area contributed by atoms with Crippen LogP contribution in [-0.4, -0.2) is 19.1 Å². The summed E-state index contributed by atoms with van der Waals surface area (Å²) in [4.78, 5) is 23.5. The van der Waals surface area contributed by atoms with Gasteiger partial charge in [-0.05, 0) is 49.2 Å². The van der Waals surface area contributed by atoms with E-state index >= 15 is 0 Å². The highest BCUT2D eigenvalue weighted by molar-refractivity contribution is 6.05. The van der Waals surface area contributed by atoms with Crippen molar-refractivity contribution < 1.29 is 18.7 Å². The lowest BCUT2D eigenvalue weighted by Crippen LogP contribution is -2.15. The van der Waals surface area contributed by atoms with Crippen LogP contribution in [0.15, 0.2) is 36.4 Å². The fraction of sp³-hybridized carbons (Fsp3) is 0.176. The van der Waals surface area contributed by atoms with Gasteiger partial charge in [-0.15, -0.1) is 0 Å². The average Bonchev–Trinajstić information content (AvgIpc) is 2.53. The summed E-state index contributed by atoms with van der Waals surface area (Å²) in [5.74, 6) is -0.929. The number of aryl methyl sites for hydroxylation is 1. The molecule has 120 valence electrons. The number of nitrogens with one attached hydrogen (secondary N) is 2. The zero-order chi connectivity index (χ0) is 17.0. The third-order valence-corrected chi connectivity index (χ3v) is 3.50. The number of carbonyl (C=O) groups excluding carboxylic acids is 2. The maximum atomic E-state index is 13.7. The van der Waals surface area contributed by atoms with E-state index in [1.807, 2.05) is 19.9 Å². The van der Waals surface area contributed by atoms with Crippen molar-refractivity contribution in [3.8, 4) is 0 Å². The Balaban J connectivity index is 2.23. The van der Waals surface area contributed by atoms with Crippen LogP contribution in [0.4, 0.5) is 20.6 Å². The van der Waals surface area contributed by atoms with Crippen molar-refractivity contribution >= 4 is 23.4 Å². The molecule has 6 heteroatoms. The van der Waals surface area contributed by atoms with Gasteiger partial charge < -0.3 is 10.1 Å². The van der Waals surface area contributed by atoms with Crippen LogP contribution < -0.4 is 10.6 Å². The molecule has 0 unspecified atom stereocenters. The first kappa shape index (κ1) is 16.5. The molecule has 0 aliphatic heterocycles. The molecular weight excluding hydrogens is 299 g/mol. The fourth-order valence-electron chi connectivity index (χ4n) is 2.06. The molecule has 23 heavy (non-hydrogen) atoms. The third kappa shape index (κ3) is 3.85. The number of hydrogen-bond donors (Lipinski definition) is 2. The molecule has 0 aliphatic rings. The molecule has 2 rings (SSSR count). The molecule has 2 aromatic rings. The highest BCUT2D eigenvalue weighted by atomic mass is 19.1. The summed E-state index contributed by atoms with van der Waals surface area (Å²) in [5, 5.41) is 4.93. The molecule has 2 aromatic carbocycles. The van der Waals surface area contributed by atoms with Crippen molar-refractivity contribution in [2.45, 2.75) is 13.8 Å². The summed E-state index contributed by atoms with van der Waals surface area (Å²) in [6, 6.07) is 9.34. The van der Waals surface area contributed by atoms with Crippen molar-refractivity contribution in [2.75, 3.05) is 17.7 Å². The lowest BCUT2D eigenvalue weighted by molar-refractivity contribution is 0.102. The van der Waals surface area contributed by atoms with E-state index in [1.165, 1.54) is 19.2 Å². The van der Waals surface area contributed by atoms with Gasteiger partial charge in [0, 0.05) is 11.3 Å². The van der Waals surface area contributed by atoms with Gasteiger partial charge in [0.2, 0.25) is 0 Å². The Kier molecular flexibility index (Phi) is 4.95. The Bertz CT molecular complexity index is 759. The van der Waals surface area contributed by atoms with Crippen molar-refractivity contribution in [3.63, 3.8) is 0 Å². The molecule has 0 saturated heterocycles. The van der Waals surface area contributed by atoms with Crippen LogP contribution in [-0.2, 0) is 4.74 Å².